The third kappa shape index (κ3) is 3.22. The third-order valence-corrected chi connectivity index (χ3v) is 0.979. The highest BCUT2D eigenvalue weighted by molar-refractivity contribution is 5.87. The van der Waals surface area contributed by atoms with Crippen LogP contribution in [0, 0.1) is 5.92 Å². The Kier molecular flexibility index (Phi) is 4.54. The molecule has 0 aromatic carbocycles. The van der Waals surface area contributed by atoms with Gasteiger partial charge in [-0.15, -0.1) is 0 Å². The zero-order chi connectivity index (χ0) is 7.98. The molecule has 0 amide bonds. The fourth-order valence-electron chi connectivity index (χ4n) is 0.376. The predicted molar refractivity (Wildman–Crippen MR) is 36.1 cm³/mol. The van der Waals surface area contributed by atoms with Crippen molar-refractivity contribution in [1.82, 2.24) is 0 Å². The van der Waals surface area contributed by atoms with Crippen LogP contribution in [0.3, 0.4) is 0 Å². The minimum absolute atomic E-state index is 0.380. The summed E-state index contributed by atoms with van der Waals surface area (Å²) in [6.45, 7) is 3.73. The van der Waals surface area contributed by atoms with Crippen molar-refractivity contribution in [3.05, 3.63) is 0 Å². The van der Waals surface area contributed by atoms with E-state index >= 15 is 0 Å². The fraction of sp³-hybridized carbons (Fsp3) is 0.714. The van der Waals surface area contributed by atoms with Crippen LogP contribution in [-0.4, -0.2) is 18.9 Å². The molecule has 1 atom stereocenters. The molecule has 0 N–H and O–H groups in total. The van der Waals surface area contributed by atoms with Gasteiger partial charge in [0.25, 0.3) is 0 Å². The highest BCUT2D eigenvalue weighted by Crippen LogP contribution is 1.94. The molecule has 0 bridgehead atoms. The van der Waals surface area contributed by atoms with Crippen molar-refractivity contribution in [2.75, 3.05) is 6.61 Å². The average Bonchev–Trinajstić information content (AvgIpc) is 1.98. The predicted octanol–water partition coefficient (Wildman–Crippen LogP) is 0.685. The molecule has 0 saturated carbocycles. The Morgan fingerprint density at radius 2 is 2.30 bits per heavy atom. The summed E-state index contributed by atoms with van der Waals surface area (Å²) in [4.78, 5) is 20.5. The number of hydrogen-bond donors (Lipinski definition) is 0. The number of ether oxygens (including phenoxy) is 1. The normalized spacial score (nSPS) is 12.2. The van der Waals surface area contributed by atoms with E-state index in [1.165, 1.54) is 6.92 Å². The summed E-state index contributed by atoms with van der Waals surface area (Å²) in [6, 6.07) is 0. The maximum absolute atomic E-state index is 10.6. The molecule has 57 valence electrons. The summed E-state index contributed by atoms with van der Waals surface area (Å²) < 4.78 is 4.64. The molecule has 0 aromatic rings. The number of carbonyl (C=O) groups excluding carboxylic acids is 2. The molecule has 1 radical (unpaired) electrons. The minimum Gasteiger partial charge on any atom is -0.465 e. The van der Waals surface area contributed by atoms with E-state index in [1.807, 2.05) is 6.92 Å². The van der Waals surface area contributed by atoms with E-state index in [-0.39, 0.29) is 0 Å². The zero-order valence-corrected chi connectivity index (χ0v) is 6.22. The van der Waals surface area contributed by atoms with E-state index in [0.717, 1.165) is 6.42 Å². The van der Waals surface area contributed by atoms with E-state index in [4.69, 9.17) is 0 Å². The van der Waals surface area contributed by atoms with Crippen molar-refractivity contribution < 1.29 is 14.3 Å². The number of rotatable bonds is 4. The van der Waals surface area contributed by atoms with Crippen LogP contribution in [0.2, 0.25) is 0 Å². The molecule has 3 heteroatoms. The molecule has 0 heterocycles. The zero-order valence-electron chi connectivity index (χ0n) is 6.22. The van der Waals surface area contributed by atoms with E-state index in [9.17, 15) is 9.59 Å². The van der Waals surface area contributed by atoms with Crippen LogP contribution in [0.15, 0.2) is 0 Å². The Labute approximate surface area is 60.4 Å². The van der Waals surface area contributed by atoms with Gasteiger partial charge in [0.1, 0.15) is 5.92 Å². The van der Waals surface area contributed by atoms with Gasteiger partial charge in [0.15, 0.2) is 0 Å². The van der Waals surface area contributed by atoms with E-state index in [1.54, 1.807) is 6.29 Å². The fourth-order valence-corrected chi connectivity index (χ4v) is 0.376. The van der Waals surface area contributed by atoms with Crippen LogP contribution in [0.4, 0.5) is 0 Å². The van der Waals surface area contributed by atoms with Gasteiger partial charge in [-0.2, -0.15) is 0 Å². The lowest BCUT2D eigenvalue weighted by Gasteiger charge is -2.02. The maximum Gasteiger partial charge on any atom is 0.316 e. The van der Waals surface area contributed by atoms with Crippen molar-refractivity contribution in [1.29, 1.82) is 0 Å². The van der Waals surface area contributed by atoms with Gasteiger partial charge in [0.2, 0.25) is 6.29 Å². The second-order valence-corrected chi connectivity index (χ2v) is 2.01. The Bertz CT molecular complexity index is 120. The second kappa shape index (κ2) is 4.97. The van der Waals surface area contributed by atoms with E-state index in [0.29, 0.717) is 6.61 Å². The SMILES string of the molecule is CCCOC(=O)C(C)[C]=O. The quantitative estimate of drug-likeness (QED) is 0.429. The van der Waals surface area contributed by atoms with Gasteiger partial charge in [-0.05, 0) is 13.3 Å². The summed E-state index contributed by atoms with van der Waals surface area (Å²) in [5.41, 5.74) is 0. The number of hydrogen-bond acceptors (Lipinski definition) is 3. The first-order valence-electron chi connectivity index (χ1n) is 3.26. The summed E-state index contributed by atoms with van der Waals surface area (Å²) in [5.74, 6) is -1.23. The van der Waals surface area contributed by atoms with Crippen molar-refractivity contribution >= 4 is 12.3 Å². The van der Waals surface area contributed by atoms with Gasteiger partial charge in [-0.1, -0.05) is 6.92 Å². The molecule has 0 saturated heterocycles. The summed E-state index contributed by atoms with van der Waals surface area (Å²) in [5, 5.41) is 0. The lowest BCUT2D eigenvalue weighted by molar-refractivity contribution is -0.145. The highest BCUT2D eigenvalue weighted by Gasteiger charge is 2.12. The summed E-state index contributed by atoms with van der Waals surface area (Å²) in [6.07, 6.45) is 2.32. The number of carbonyl (C=O) groups is 1. The minimum atomic E-state index is -0.744. The van der Waals surface area contributed by atoms with Gasteiger partial charge in [-0.25, -0.2) is 0 Å². The second-order valence-electron chi connectivity index (χ2n) is 2.01. The monoisotopic (exact) mass is 143 g/mol. The van der Waals surface area contributed by atoms with E-state index in [2.05, 4.69) is 4.74 Å². The molecule has 1 unspecified atom stereocenters. The lowest BCUT2D eigenvalue weighted by Crippen LogP contribution is -2.15. The van der Waals surface area contributed by atoms with Gasteiger partial charge in [0.05, 0.1) is 6.61 Å². The molecule has 0 aliphatic carbocycles. The van der Waals surface area contributed by atoms with Crippen molar-refractivity contribution in [3.8, 4) is 0 Å². The molecule has 0 aliphatic heterocycles. The average molecular weight is 143 g/mol. The first-order chi connectivity index (χ1) is 4.72. The van der Waals surface area contributed by atoms with Crippen molar-refractivity contribution in [3.63, 3.8) is 0 Å². The van der Waals surface area contributed by atoms with E-state index < -0.39 is 11.9 Å². The van der Waals surface area contributed by atoms with Gasteiger partial charge < -0.3 is 4.74 Å². The largest absolute Gasteiger partial charge is 0.465 e. The summed E-state index contributed by atoms with van der Waals surface area (Å²) in [7, 11) is 0. The molecule has 10 heavy (non-hydrogen) atoms. The standard InChI is InChI=1S/C7H11O3/c1-3-4-10-7(9)6(2)5-8/h6H,3-4H2,1-2H3. The van der Waals surface area contributed by atoms with Crippen LogP contribution < -0.4 is 0 Å². The van der Waals surface area contributed by atoms with Crippen LogP contribution in [-0.2, 0) is 14.3 Å². The van der Waals surface area contributed by atoms with Crippen LogP contribution >= 0.6 is 0 Å². The van der Waals surface area contributed by atoms with Gasteiger partial charge in [-0.3, -0.25) is 9.59 Å². The molecule has 0 rings (SSSR count). The first kappa shape index (κ1) is 9.14. The Balaban J connectivity index is 3.51. The van der Waals surface area contributed by atoms with Crippen molar-refractivity contribution in [2.24, 2.45) is 5.92 Å². The topological polar surface area (TPSA) is 43.4 Å². The number of esters is 1. The molecule has 0 fully saturated rings. The lowest BCUT2D eigenvalue weighted by atomic mass is 10.2. The molecule has 0 spiro atoms. The smallest absolute Gasteiger partial charge is 0.316 e. The van der Waals surface area contributed by atoms with Gasteiger partial charge >= 0.3 is 5.97 Å². The first-order valence-corrected chi connectivity index (χ1v) is 3.26. The highest BCUT2D eigenvalue weighted by atomic mass is 16.5. The molecule has 0 aliphatic rings. The molecule has 0 aromatic heterocycles. The van der Waals surface area contributed by atoms with Crippen LogP contribution in [0.1, 0.15) is 20.3 Å². The summed E-state index contributed by atoms with van der Waals surface area (Å²) >= 11 is 0. The molecular weight excluding hydrogens is 132 g/mol. The Morgan fingerprint density at radius 3 is 2.70 bits per heavy atom. The van der Waals surface area contributed by atoms with Crippen LogP contribution in [0.25, 0.3) is 0 Å². The molecular formula is C7H11O3. The van der Waals surface area contributed by atoms with Crippen molar-refractivity contribution in [2.45, 2.75) is 20.3 Å². The molecule has 3 nitrogen and oxygen atoms in total. The third-order valence-electron chi connectivity index (χ3n) is 0.979. The van der Waals surface area contributed by atoms with Gasteiger partial charge in [0, 0.05) is 0 Å². The van der Waals surface area contributed by atoms with Crippen LogP contribution in [0.5, 0.6) is 0 Å². The Morgan fingerprint density at radius 1 is 1.70 bits per heavy atom. The maximum atomic E-state index is 10.6. The Hall–Kier alpha value is -0.860.